The lowest BCUT2D eigenvalue weighted by Gasteiger charge is -2.28. The first-order chi connectivity index (χ1) is 26.0. The van der Waals surface area contributed by atoms with E-state index >= 15 is 0 Å². The number of esters is 4. The van der Waals surface area contributed by atoms with Crippen LogP contribution in [0.4, 0.5) is 0 Å². The number of rotatable bonds is 19. The summed E-state index contributed by atoms with van der Waals surface area (Å²) in [5.74, 6) is 0.514. The molecular weight excluding hydrogens is 692 g/mol. The maximum atomic E-state index is 13.2. The maximum absolute atomic E-state index is 13.2. The Hall–Kier alpha value is -6.10. The van der Waals surface area contributed by atoms with Crippen molar-refractivity contribution in [3.8, 4) is 34.5 Å². The predicted octanol–water partition coefficient (Wildman–Crippen LogP) is 8.29. The van der Waals surface area contributed by atoms with Crippen LogP contribution < -0.4 is 28.4 Å². The van der Waals surface area contributed by atoms with Crippen LogP contribution in [0.2, 0.25) is 0 Å². The third-order valence-corrected chi connectivity index (χ3v) is 8.62. The molecule has 0 aliphatic heterocycles. The summed E-state index contributed by atoms with van der Waals surface area (Å²) in [5, 5.41) is 0. The Kier molecular flexibility index (Phi) is 15.2. The summed E-state index contributed by atoms with van der Waals surface area (Å²) in [6.07, 6.45) is 4.86. The molecule has 0 saturated carbocycles. The van der Waals surface area contributed by atoms with Gasteiger partial charge < -0.3 is 33.2 Å². The second-order valence-corrected chi connectivity index (χ2v) is 12.7. The van der Waals surface area contributed by atoms with E-state index in [4.69, 9.17) is 33.2 Å². The Balaban J connectivity index is 1.13. The van der Waals surface area contributed by atoms with Gasteiger partial charge in [0.15, 0.2) is 0 Å². The highest BCUT2D eigenvalue weighted by Crippen LogP contribution is 2.33. The fourth-order valence-electron chi connectivity index (χ4n) is 5.17. The van der Waals surface area contributed by atoms with E-state index in [-0.39, 0.29) is 18.8 Å². The molecule has 11 nitrogen and oxygen atoms in total. The molecule has 0 spiro atoms. The van der Waals surface area contributed by atoms with Crippen LogP contribution >= 0.6 is 0 Å². The topological polar surface area (TPSA) is 133 Å². The van der Waals surface area contributed by atoms with Crippen molar-refractivity contribution >= 4 is 30.0 Å². The summed E-state index contributed by atoms with van der Waals surface area (Å²) in [6, 6.07) is 26.8. The van der Waals surface area contributed by atoms with Crippen molar-refractivity contribution in [3.05, 3.63) is 114 Å². The van der Waals surface area contributed by atoms with Gasteiger partial charge in [-0.05, 0) is 129 Å². The van der Waals surface area contributed by atoms with Crippen LogP contribution in [0.1, 0.15) is 62.4 Å². The zero-order valence-electron chi connectivity index (χ0n) is 31.2. The van der Waals surface area contributed by atoms with Crippen molar-refractivity contribution in [2.45, 2.75) is 46.5 Å². The van der Waals surface area contributed by atoms with Crippen molar-refractivity contribution < 1.29 is 52.3 Å². The number of methoxy groups -OCH3 is 2. The van der Waals surface area contributed by atoms with E-state index in [2.05, 4.69) is 0 Å². The first-order valence-electron chi connectivity index (χ1n) is 17.6. The fraction of sp³-hybridized carbons (Fsp3) is 0.302. The lowest BCUT2D eigenvalue weighted by molar-refractivity contribution is -0.152. The van der Waals surface area contributed by atoms with Crippen molar-refractivity contribution in [2.24, 2.45) is 11.3 Å². The number of unbranched alkanes of at least 4 members (excludes halogenated alkanes) is 1. The normalized spacial score (nSPS) is 12.5. The Labute approximate surface area is 315 Å². The van der Waals surface area contributed by atoms with Crippen LogP contribution in [0.3, 0.4) is 0 Å². The van der Waals surface area contributed by atoms with Gasteiger partial charge in [-0.3, -0.25) is 9.59 Å². The molecule has 0 bridgehead atoms. The summed E-state index contributed by atoms with van der Waals surface area (Å²) in [6.45, 7) is 5.97. The number of ether oxygens (including phenoxy) is 7. The average Bonchev–Trinajstić information content (AvgIpc) is 3.19. The first-order valence-corrected chi connectivity index (χ1v) is 17.6. The first kappa shape index (κ1) is 40.7. The molecule has 54 heavy (non-hydrogen) atoms. The minimum absolute atomic E-state index is 0.212. The SMILES string of the molecule is CCC(C)(CC(C)C(=O)OCCCCOc1ccc(C(=O)Oc2ccc(OC)cc2)cc1)C(=O)Oc1ccc(OC(=O)/C=C/c2ccc(OC)cc2)cc1. The average molecular weight is 739 g/mol. The molecule has 0 radical (unpaired) electrons. The van der Waals surface area contributed by atoms with E-state index in [9.17, 15) is 19.2 Å². The zero-order valence-corrected chi connectivity index (χ0v) is 31.2. The van der Waals surface area contributed by atoms with Gasteiger partial charge in [-0.1, -0.05) is 26.0 Å². The molecule has 0 N–H and O–H groups in total. The van der Waals surface area contributed by atoms with Gasteiger partial charge in [0.1, 0.15) is 34.5 Å². The van der Waals surface area contributed by atoms with Crippen LogP contribution in [0.25, 0.3) is 6.08 Å². The van der Waals surface area contributed by atoms with E-state index in [0.717, 1.165) is 5.56 Å². The quantitative estimate of drug-likeness (QED) is 0.0398. The second kappa shape index (κ2) is 20.2. The van der Waals surface area contributed by atoms with Crippen LogP contribution in [0.15, 0.2) is 103 Å². The van der Waals surface area contributed by atoms with Crippen LogP contribution in [-0.4, -0.2) is 51.3 Å². The van der Waals surface area contributed by atoms with E-state index in [0.29, 0.717) is 60.2 Å². The molecule has 284 valence electrons. The highest BCUT2D eigenvalue weighted by molar-refractivity contribution is 5.91. The molecular formula is C43H46O11. The van der Waals surface area contributed by atoms with Crippen molar-refractivity contribution in [1.29, 1.82) is 0 Å². The van der Waals surface area contributed by atoms with Gasteiger partial charge in [0.2, 0.25) is 0 Å². The number of hydrogen-bond donors (Lipinski definition) is 0. The summed E-state index contributed by atoms with van der Waals surface area (Å²) in [7, 11) is 3.14. The molecule has 4 aromatic carbocycles. The van der Waals surface area contributed by atoms with Crippen molar-refractivity contribution in [3.63, 3.8) is 0 Å². The Morgan fingerprint density at radius 2 is 1.15 bits per heavy atom. The molecule has 4 rings (SSSR count). The van der Waals surface area contributed by atoms with Gasteiger partial charge in [0, 0.05) is 6.08 Å². The summed E-state index contributed by atoms with van der Waals surface area (Å²) in [4.78, 5) is 50.7. The monoisotopic (exact) mass is 738 g/mol. The summed E-state index contributed by atoms with van der Waals surface area (Å²) < 4.78 is 37.9. The summed E-state index contributed by atoms with van der Waals surface area (Å²) >= 11 is 0. The second-order valence-electron chi connectivity index (χ2n) is 12.7. The number of carbonyl (C=O) groups excluding carboxylic acids is 4. The molecule has 0 aromatic heterocycles. The van der Waals surface area contributed by atoms with Crippen LogP contribution in [0, 0.1) is 11.3 Å². The number of hydrogen-bond acceptors (Lipinski definition) is 11. The molecule has 0 saturated heterocycles. The third-order valence-electron chi connectivity index (χ3n) is 8.62. The highest BCUT2D eigenvalue weighted by atomic mass is 16.5. The Bertz CT molecular complexity index is 1850. The molecule has 0 aliphatic rings. The minimum atomic E-state index is -0.939. The number of carbonyl (C=O) groups is 4. The molecule has 0 fully saturated rings. The lowest BCUT2D eigenvalue weighted by atomic mass is 9.79. The molecule has 2 atom stereocenters. The Morgan fingerprint density at radius 1 is 0.648 bits per heavy atom. The molecule has 0 amide bonds. The fourth-order valence-corrected chi connectivity index (χ4v) is 5.17. The Morgan fingerprint density at radius 3 is 1.72 bits per heavy atom. The predicted molar refractivity (Wildman–Crippen MR) is 202 cm³/mol. The molecule has 4 aromatic rings. The largest absolute Gasteiger partial charge is 0.497 e. The van der Waals surface area contributed by atoms with Gasteiger partial charge >= 0.3 is 23.9 Å². The van der Waals surface area contributed by atoms with Crippen molar-refractivity contribution in [1.82, 2.24) is 0 Å². The van der Waals surface area contributed by atoms with Crippen LogP contribution in [0.5, 0.6) is 34.5 Å². The smallest absolute Gasteiger partial charge is 0.343 e. The van der Waals surface area contributed by atoms with Crippen molar-refractivity contribution in [2.75, 3.05) is 27.4 Å². The summed E-state index contributed by atoms with van der Waals surface area (Å²) in [5.41, 5.74) is 0.259. The minimum Gasteiger partial charge on any atom is -0.497 e. The van der Waals surface area contributed by atoms with Gasteiger partial charge in [0.05, 0.1) is 44.3 Å². The molecule has 0 heterocycles. The van der Waals surface area contributed by atoms with Crippen LogP contribution in [-0.2, 0) is 19.1 Å². The zero-order chi connectivity index (χ0) is 38.9. The molecule has 2 unspecified atom stereocenters. The number of benzene rings is 4. The van der Waals surface area contributed by atoms with Gasteiger partial charge in [-0.15, -0.1) is 0 Å². The molecule has 0 aliphatic carbocycles. The van der Waals surface area contributed by atoms with Gasteiger partial charge in [0.25, 0.3) is 0 Å². The van der Waals surface area contributed by atoms with E-state index in [1.807, 2.05) is 19.1 Å². The standard InChI is InChI=1S/C43H46O11/c1-6-43(3,42(47)54-38-24-22-36(23-25-38)52-39(44)26-11-31-9-14-33(48-4)15-10-31)29-30(2)40(45)51-28-8-7-27-50-35-16-12-32(13-17-35)41(46)53-37-20-18-34(49-5)19-21-37/h9-26,30H,6-8,27-29H2,1-5H3/b26-11+. The maximum Gasteiger partial charge on any atom is 0.343 e. The highest BCUT2D eigenvalue weighted by Gasteiger charge is 2.37. The van der Waals surface area contributed by atoms with E-state index in [1.165, 1.54) is 18.2 Å². The van der Waals surface area contributed by atoms with E-state index < -0.39 is 35.2 Å². The molecule has 11 heteroatoms. The van der Waals surface area contributed by atoms with E-state index in [1.54, 1.807) is 107 Å². The lowest BCUT2D eigenvalue weighted by Crippen LogP contribution is -2.35. The van der Waals surface area contributed by atoms with Gasteiger partial charge in [-0.2, -0.15) is 0 Å². The third kappa shape index (κ3) is 12.5. The van der Waals surface area contributed by atoms with Gasteiger partial charge in [-0.25, -0.2) is 9.59 Å².